The summed E-state index contributed by atoms with van der Waals surface area (Å²) in [5, 5.41) is 5.92. The lowest BCUT2D eigenvalue weighted by molar-refractivity contribution is 0.0854. The van der Waals surface area contributed by atoms with Gasteiger partial charge in [-0.3, -0.25) is 4.79 Å². The highest BCUT2D eigenvalue weighted by atomic mass is 19.1. The zero-order valence-corrected chi connectivity index (χ0v) is 13.3. The average Bonchev–Trinajstić information content (AvgIpc) is 3.13. The van der Waals surface area contributed by atoms with E-state index < -0.39 is 0 Å². The molecule has 1 saturated heterocycles. The van der Waals surface area contributed by atoms with Crippen LogP contribution in [0.3, 0.4) is 0 Å². The third kappa shape index (κ3) is 4.29. The van der Waals surface area contributed by atoms with Crippen LogP contribution in [-0.4, -0.2) is 30.1 Å². The molecule has 1 aliphatic heterocycles. The molecule has 1 aromatic heterocycles. The molecule has 0 radical (unpaired) electrons. The van der Waals surface area contributed by atoms with Crippen molar-refractivity contribution >= 4 is 11.6 Å². The van der Waals surface area contributed by atoms with Crippen LogP contribution in [0.1, 0.15) is 28.9 Å². The molecule has 1 fully saturated rings. The van der Waals surface area contributed by atoms with Crippen molar-refractivity contribution in [3.8, 4) is 0 Å². The van der Waals surface area contributed by atoms with Gasteiger partial charge in [-0.2, -0.15) is 0 Å². The van der Waals surface area contributed by atoms with Crippen LogP contribution in [-0.2, 0) is 11.3 Å². The van der Waals surface area contributed by atoms with E-state index in [2.05, 4.69) is 15.6 Å². The molecule has 2 N–H and O–H groups in total. The standard InChI is InChI=1S/C18H20FN3O2/c19-16-6-2-1-4-13(16)10-20-14-7-8-17(21-11-14)18(23)22-12-15-5-3-9-24-15/h1-2,4,6-8,11,15,20H,3,5,9-10,12H2,(H,22,23). The van der Waals surface area contributed by atoms with Gasteiger partial charge in [-0.25, -0.2) is 9.37 Å². The summed E-state index contributed by atoms with van der Waals surface area (Å²) in [6, 6.07) is 10.0. The Morgan fingerprint density at radius 3 is 2.88 bits per heavy atom. The first-order valence-electron chi connectivity index (χ1n) is 8.05. The Morgan fingerprint density at radius 2 is 2.17 bits per heavy atom. The van der Waals surface area contributed by atoms with Gasteiger partial charge >= 0.3 is 0 Å². The molecule has 2 aromatic rings. The van der Waals surface area contributed by atoms with Gasteiger partial charge in [0.05, 0.1) is 18.0 Å². The van der Waals surface area contributed by atoms with Crippen molar-refractivity contribution in [1.29, 1.82) is 0 Å². The third-order valence-corrected chi connectivity index (χ3v) is 3.95. The van der Waals surface area contributed by atoms with Crippen molar-refractivity contribution in [2.24, 2.45) is 0 Å². The Hall–Kier alpha value is -2.47. The molecule has 1 unspecified atom stereocenters. The van der Waals surface area contributed by atoms with Gasteiger partial charge in [0.1, 0.15) is 11.5 Å². The molecule has 2 heterocycles. The van der Waals surface area contributed by atoms with Gasteiger partial charge in [0.15, 0.2) is 0 Å². The van der Waals surface area contributed by atoms with E-state index in [1.54, 1.807) is 36.5 Å². The SMILES string of the molecule is O=C(NCC1CCCO1)c1ccc(NCc2ccccc2F)cn1. The Kier molecular flexibility index (Phi) is 5.38. The minimum atomic E-state index is -0.247. The number of benzene rings is 1. The Bertz CT molecular complexity index is 685. The maximum atomic E-state index is 13.6. The number of pyridine rings is 1. The first-order valence-corrected chi connectivity index (χ1v) is 8.05. The fourth-order valence-corrected chi connectivity index (χ4v) is 2.57. The molecular formula is C18H20FN3O2. The number of anilines is 1. The van der Waals surface area contributed by atoms with E-state index in [-0.39, 0.29) is 17.8 Å². The highest BCUT2D eigenvalue weighted by Crippen LogP contribution is 2.12. The van der Waals surface area contributed by atoms with E-state index in [0.717, 1.165) is 25.1 Å². The number of carbonyl (C=O) groups excluding carboxylic acids is 1. The number of ether oxygens (including phenoxy) is 1. The number of aromatic nitrogens is 1. The van der Waals surface area contributed by atoms with Crippen molar-refractivity contribution in [1.82, 2.24) is 10.3 Å². The minimum absolute atomic E-state index is 0.107. The Labute approximate surface area is 140 Å². The predicted molar refractivity (Wildman–Crippen MR) is 89.3 cm³/mol. The van der Waals surface area contributed by atoms with Crippen molar-refractivity contribution in [2.45, 2.75) is 25.5 Å². The van der Waals surface area contributed by atoms with Gasteiger partial charge in [-0.05, 0) is 31.0 Å². The van der Waals surface area contributed by atoms with Crippen LogP contribution in [0.25, 0.3) is 0 Å². The van der Waals surface area contributed by atoms with E-state index in [4.69, 9.17) is 4.74 Å². The molecule has 24 heavy (non-hydrogen) atoms. The lowest BCUT2D eigenvalue weighted by Gasteiger charge is -2.11. The van der Waals surface area contributed by atoms with E-state index in [1.807, 2.05) is 0 Å². The van der Waals surface area contributed by atoms with Crippen LogP contribution in [0.15, 0.2) is 42.6 Å². The fraction of sp³-hybridized carbons (Fsp3) is 0.333. The second kappa shape index (κ2) is 7.88. The monoisotopic (exact) mass is 329 g/mol. The van der Waals surface area contributed by atoms with Gasteiger partial charge in [0, 0.05) is 25.3 Å². The molecule has 1 aromatic carbocycles. The largest absolute Gasteiger partial charge is 0.380 e. The molecule has 1 amide bonds. The van der Waals surface area contributed by atoms with Crippen LogP contribution >= 0.6 is 0 Å². The van der Waals surface area contributed by atoms with Crippen molar-refractivity contribution in [3.63, 3.8) is 0 Å². The molecule has 0 aliphatic carbocycles. The zero-order valence-electron chi connectivity index (χ0n) is 13.3. The van der Waals surface area contributed by atoms with Gasteiger partial charge < -0.3 is 15.4 Å². The van der Waals surface area contributed by atoms with Crippen LogP contribution in [0.2, 0.25) is 0 Å². The molecule has 1 aliphatic rings. The molecule has 3 rings (SSSR count). The van der Waals surface area contributed by atoms with E-state index in [1.165, 1.54) is 6.07 Å². The summed E-state index contributed by atoms with van der Waals surface area (Å²) in [5.41, 5.74) is 1.66. The number of hydrogen-bond donors (Lipinski definition) is 2. The molecule has 0 bridgehead atoms. The van der Waals surface area contributed by atoms with Crippen LogP contribution in [0.5, 0.6) is 0 Å². The number of rotatable bonds is 6. The predicted octanol–water partition coefficient (Wildman–Crippen LogP) is 2.74. The van der Waals surface area contributed by atoms with E-state index >= 15 is 0 Å². The van der Waals surface area contributed by atoms with Crippen molar-refractivity contribution in [2.75, 3.05) is 18.5 Å². The molecule has 126 valence electrons. The topological polar surface area (TPSA) is 63.2 Å². The summed E-state index contributed by atoms with van der Waals surface area (Å²) in [4.78, 5) is 16.2. The zero-order chi connectivity index (χ0) is 16.8. The first-order chi connectivity index (χ1) is 11.7. The van der Waals surface area contributed by atoms with Crippen LogP contribution in [0.4, 0.5) is 10.1 Å². The number of hydrogen-bond acceptors (Lipinski definition) is 4. The summed E-state index contributed by atoms with van der Waals surface area (Å²) in [6.45, 7) is 1.63. The van der Waals surface area contributed by atoms with Crippen molar-refractivity contribution < 1.29 is 13.9 Å². The number of carbonyl (C=O) groups is 1. The molecule has 0 spiro atoms. The number of halogens is 1. The number of amides is 1. The second-order valence-corrected chi connectivity index (χ2v) is 5.72. The maximum absolute atomic E-state index is 13.6. The maximum Gasteiger partial charge on any atom is 0.269 e. The van der Waals surface area contributed by atoms with Gasteiger partial charge in [0.2, 0.25) is 0 Å². The summed E-state index contributed by atoms with van der Waals surface area (Å²) in [5.74, 6) is -0.464. The molecule has 6 heteroatoms. The number of nitrogens with zero attached hydrogens (tertiary/aromatic N) is 1. The lowest BCUT2D eigenvalue weighted by Crippen LogP contribution is -2.32. The second-order valence-electron chi connectivity index (χ2n) is 5.72. The molecular weight excluding hydrogens is 309 g/mol. The average molecular weight is 329 g/mol. The highest BCUT2D eigenvalue weighted by Gasteiger charge is 2.17. The third-order valence-electron chi connectivity index (χ3n) is 3.95. The summed E-state index contributed by atoms with van der Waals surface area (Å²) >= 11 is 0. The fourth-order valence-electron chi connectivity index (χ4n) is 2.57. The van der Waals surface area contributed by atoms with Crippen molar-refractivity contribution in [3.05, 3.63) is 59.7 Å². The summed E-state index contributed by atoms with van der Waals surface area (Å²) in [7, 11) is 0. The molecule has 0 saturated carbocycles. The Morgan fingerprint density at radius 1 is 1.29 bits per heavy atom. The van der Waals surface area contributed by atoms with Gasteiger partial charge in [-0.15, -0.1) is 0 Å². The van der Waals surface area contributed by atoms with Gasteiger partial charge in [0.25, 0.3) is 5.91 Å². The van der Waals surface area contributed by atoms with Crippen LogP contribution in [0, 0.1) is 5.82 Å². The van der Waals surface area contributed by atoms with E-state index in [9.17, 15) is 9.18 Å². The normalized spacial score (nSPS) is 16.8. The smallest absolute Gasteiger partial charge is 0.269 e. The lowest BCUT2D eigenvalue weighted by atomic mass is 10.2. The minimum Gasteiger partial charge on any atom is -0.380 e. The van der Waals surface area contributed by atoms with Crippen LogP contribution < -0.4 is 10.6 Å². The summed E-state index contributed by atoms with van der Waals surface area (Å²) in [6.07, 6.45) is 3.70. The Balaban J connectivity index is 1.51. The van der Waals surface area contributed by atoms with Gasteiger partial charge in [-0.1, -0.05) is 18.2 Å². The van der Waals surface area contributed by atoms with E-state index in [0.29, 0.717) is 24.3 Å². The molecule has 1 atom stereocenters. The first kappa shape index (κ1) is 16.4. The number of nitrogens with one attached hydrogen (secondary N) is 2. The summed E-state index contributed by atoms with van der Waals surface area (Å²) < 4.78 is 19.0. The quantitative estimate of drug-likeness (QED) is 0.855. The highest BCUT2D eigenvalue weighted by molar-refractivity contribution is 5.92. The molecule has 5 nitrogen and oxygen atoms in total.